The van der Waals surface area contributed by atoms with Crippen molar-refractivity contribution in [1.82, 2.24) is 4.90 Å². The summed E-state index contributed by atoms with van der Waals surface area (Å²) in [6, 6.07) is 9.57. The fourth-order valence-corrected chi connectivity index (χ4v) is 5.07. The van der Waals surface area contributed by atoms with Crippen molar-refractivity contribution in [2.45, 2.75) is 115 Å². The van der Waals surface area contributed by atoms with Gasteiger partial charge in [-0.15, -0.1) is 0 Å². The van der Waals surface area contributed by atoms with Crippen LogP contribution in [0, 0.1) is 0 Å². The standard InChI is InChI=1S/C28H49BrNO6P/c1-2-3-4-5-6-7-8-9-10-11-12-13-14-18-22-30(23-21-27(29)25-36-37(32,33)34)28(31)35-24-26-19-16-15-17-20-26/h15-17,19-20,27H,2-14,18,21-25H2,1H3,(H2,32,33,34). The summed E-state index contributed by atoms with van der Waals surface area (Å²) in [7, 11) is -4.51. The number of rotatable bonds is 23. The van der Waals surface area contributed by atoms with Crippen LogP contribution in [0.25, 0.3) is 0 Å². The van der Waals surface area contributed by atoms with E-state index in [9.17, 15) is 9.36 Å². The van der Waals surface area contributed by atoms with Crippen LogP contribution in [0.3, 0.4) is 0 Å². The zero-order valence-corrected chi connectivity index (χ0v) is 25.2. The molecule has 1 unspecified atom stereocenters. The second kappa shape index (κ2) is 22.0. The Labute approximate surface area is 233 Å². The molecule has 37 heavy (non-hydrogen) atoms. The molecular weight excluding hydrogens is 557 g/mol. The number of hydrogen-bond donors (Lipinski definition) is 2. The molecule has 0 heterocycles. The first kappa shape index (κ1) is 34.1. The Bertz CT molecular complexity index is 733. The summed E-state index contributed by atoms with van der Waals surface area (Å²) in [6.45, 7) is 3.37. The molecule has 1 aromatic rings. The molecule has 0 radical (unpaired) electrons. The van der Waals surface area contributed by atoms with E-state index in [1.165, 1.54) is 77.0 Å². The van der Waals surface area contributed by atoms with Gasteiger partial charge in [-0.3, -0.25) is 4.52 Å². The minimum Gasteiger partial charge on any atom is -0.445 e. The molecule has 0 aliphatic heterocycles. The van der Waals surface area contributed by atoms with Crippen molar-refractivity contribution in [3.63, 3.8) is 0 Å². The molecule has 1 amide bonds. The number of phosphoric acid groups is 1. The second-order valence-electron chi connectivity index (χ2n) is 9.80. The molecule has 7 nitrogen and oxygen atoms in total. The average molecular weight is 607 g/mol. The van der Waals surface area contributed by atoms with Crippen LogP contribution in [-0.2, 0) is 20.4 Å². The second-order valence-corrected chi connectivity index (χ2v) is 12.3. The van der Waals surface area contributed by atoms with Crippen LogP contribution in [0.5, 0.6) is 0 Å². The van der Waals surface area contributed by atoms with Gasteiger partial charge in [-0.2, -0.15) is 0 Å². The third-order valence-corrected chi connectivity index (χ3v) is 7.59. The zero-order valence-electron chi connectivity index (χ0n) is 22.7. The van der Waals surface area contributed by atoms with Crippen LogP contribution >= 0.6 is 23.8 Å². The lowest BCUT2D eigenvalue weighted by Crippen LogP contribution is -2.34. The summed E-state index contributed by atoms with van der Waals surface area (Å²) >= 11 is 3.38. The first-order chi connectivity index (χ1) is 17.8. The fourth-order valence-electron chi connectivity index (χ4n) is 4.16. The van der Waals surface area contributed by atoms with E-state index in [-0.39, 0.29) is 24.1 Å². The van der Waals surface area contributed by atoms with Crippen molar-refractivity contribution in [1.29, 1.82) is 0 Å². The maximum Gasteiger partial charge on any atom is 0.469 e. The van der Waals surface area contributed by atoms with Gasteiger partial charge >= 0.3 is 13.9 Å². The van der Waals surface area contributed by atoms with E-state index in [0.717, 1.165) is 18.4 Å². The number of ether oxygens (including phenoxy) is 1. The summed E-state index contributed by atoms with van der Waals surface area (Å²) in [5.74, 6) is 0. The molecule has 1 atom stereocenters. The number of carbonyl (C=O) groups excluding carboxylic acids is 1. The van der Waals surface area contributed by atoms with Crippen LogP contribution in [0.2, 0.25) is 0 Å². The molecule has 0 aliphatic rings. The Kier molecular flexibility index (Phi) is 20.2. The minimum atomic E-state index is -4.51. The predicted molar refractivity (Wildman–Crippen MR) is 154 cm³/mol. The van der Waals surface area contributed by atoms with E-state index >= 15 is 0 Å². The molecule has 9 heteroatoms. The molecule has 0 saturated heterocycles. The van der Waals surface area contributed by atoms with Crippen molar-refractivity contribution in [2.75, 3.05) is 19.7 Å². The Morgan fingerprint density at radius 3 is 1.89 bits per heavy atom. The molecule has 1 rings (SSSR count). The number of nitrogens with zero attached hydrogens (tertiary/aromatic N) is 1. The third-order valence-electron chi connectivity index (χ3n) is 6.38. The molecule has 214 valence electrons. The largest absolute Gasteiger partial charge is 0.469 e. The molecule has 2 N–H and O–H groups in total. The number of phosphoric ester groups is 1. The first-order valence-electron chi connectivity index (χ1n) is 14.1. The molecule has 1 aromatic carbocycles. The van der Waals surface area contributed by atoms with Gasteiger partial charge in [0.2, 0.25) is 0 Å². The highest BCUT2D eigenvalue weighted by molar-refractivity contribution is 9.09. The van der Waals surface area contributed by atoms with Gasteiger partial charge in [-0.1, -0.05) is 137 Å². The van der Waals surface area contributed by atoms with Gasteiger partial charge in [0.05, 0.1) is 6.61 Å². The molecule has 0 aromatic heterocycles. The Morgan fingerprint density at radius 1 is 0.865 bits per heavy atom. The normalized spacial score (nSPS) is 12.4. The van der Waals surface area contributed by atoms with E-state index in [0.29, 0.717) is 19.5 Å². The predicted octanol–water partition coefficient (Wildman–Crippen LogP) is 8.37. The lowest BCUT2D eigenvalue weighted by atomic mass is 10.0. The summed E-state index contributed by atoms with van der Waals surface area (Å²) in [4.78, 5) is 31.9. The fraction of sp³-hybridized carbons (Fsp3) is 0.750. The van der Waals surface area contributed by atoms with Gasteiger partial charge in [-0.05, 0) is 18.4 Å². The van der Waals surface area contributed by atoms with Crippen LogP contribution < -0.4 is 0 Å². The monoisotopic (exact) mass is 605 g/mol. The lowest BCUT2D eigenvalue weighted by Gasteiger charge is -2.23. The number of benzene rings is 1. The molecule has 0 saturated carbocycles. The number of carbonyl (C=O) groups is 1. The Balaban J connectivity index is 2.26. The minimum absolute atomic E-state index is 0.129. The summed E-state index contributed by atoms with van der Waals surface area (Å²) < 4.78 is 21.0. The van der Waals surface area contributed by atoms with Crippen LogP contribution in [0.4, 0.5) is 4.79 Å². The smallest absolute Gasteiger partial charge is 0.445 e. The van der Waals surface area contributed by atoms with Gasteiger partial charge in [0.1, 0.15) is 6.61 Å². The Hall–Kier alpha value is -0.920. The zero-order chi connectivity index (χ0) is 27.2. The topological polar surface area (TPSA) is 96.3 Å². The highest BCUT2D eigenvalue weighted by Crippen LogP contribution is 2.36. The maximum absolute atomic E-state index is 12.7. The first-order valence-corrected chi connectivity index (χ1v) is 16.6. The summed E-state index contributed by atoms with van der Waals surface area (Å²) in [5, 5.41) is 0. The summed E-state index contributed by atoms with van der Waals surface area (Å²) in [5.41, 5.74) is 0.931. The number of unbranched alkanes of at least 4 members (excludes halogenated alkanes) is 13. The van der Waals surface area contributed by atoms with Gasteiger partial charge in [-0.25, -0.2) is 9.36 Å². The van der Waals surface area contributed by atoms with E-state index in [2.05, 4.69) is 27.4 Å². The van der Waals surface area contributed by atoms with Crippen LogP contribution in [-0.4, -0.2) is 45.3 Å². The van der Waals surface area contributed by atoms with Crippen molar-refractivity contribution >= 4 is 29.8 Å². The molecule has 0 fully saturated rings. The Morgan fingerprint density at radius 2 is 1.38 bits per heavy atom. The number of alkyl halides is 1. The summed E-state index contributed by atoms with van der Waals surface area (Å²) in [6.07, 6.45) is 18.0. The quantitative estimate of drug-likeness (QED) is 0.0738. The van der Waals surface area contributed by atoms with Gasteiger partial charge in [0, 0.05) is 17.9 Å². The van der Waals surface area contributed by atoms with Crippen LogP contribution in [0.15, 0.2) is 30.3 Å². The van der Waals surface area contributed by atoms with E-state index < -0.39 is 7.82 Å². The maximum atomic E-state index is 12.7. The van der Waals surface area contributed by atoms with Gasteiger partial charge in [0.25, 0.3) is 0 Å². The van der Waals surface area contributed by atoms with Crippen LogP contribution in [0.1, 0.15) is 109 Å². The van der Waals surface area contributed by atoms with Crippen molar-refractivity contribution < 1.29 is 28.4 Å². The van der Waals surface area contributed by atoms with Gasteiger partial charge in [0.15, 0.2) is 0 Å². The third kappa shape index (κ3) is 20.7. The van der Waals surface area contributed by atoms with Crippen molar-refractivity contribution in [3.05, 3.63) is 35.9 Å². The number of amides is 1. The van der Waals surface area contributed by atoms with Crippen molar-refractivity contribution in [2.24, 2.45) is 0 Å². The van der Waals surface area contributed by atoms with E-state index in [4.69, 9.17) is 14.5 Å². The van der Waals surface area contributed by atoms with E-state index in [1.54, 1.807) is 4.90 Å². The van der Waals surface area contributed by atoms with E-state index in [1.807, 2.05) is 30.3 Å². The lowest BCUT2D eigenvalue weighted by molar-refractivity contribution is 0.0941. The molecular formula is C28H49BrNO6P. The van der Waals surface area contributed by atoms with Gasteiger partial charge < -0.3 is 19.4 Å². The molecule has 0 aliphatic carbocycles. The van der Waals surface area contributed by atoms with Crippen molar-refractivity contribution in [3.8, 4) is 0 Å². The molecule has 0 bridgehead atoms. The highest BCUT2D eigenvalue weighted by atomic mass is 79.9. The number of halogens is 1. The SMILES string of the molecule is CCCCCCCCCCCCCCCCN(CCC(Br)COP(=O)(O)O)C(=O)OCc1ccccc1. The average Bonchev–Trinajstić information content (AvgIpc) is 2.88. The number of hydrogen-bond acceptors (Lipinski definition) is 4. The highest BCUT2D eigenvalue weighted by Gasteiger charge is 2.20. The molecule has 0 spiro atoms.